The summed E-state index contributed by atoms with van der Waals surface area (Å²) >= 11 is 3.29. The lowest BCUT2D eigenvalue weighted by Crippen LogP contribution is -2.05. The van der Waals surface area contributed by atoms with E-state index in [2.05, 4.69) is 5.32 Å². The maximum atomic E-state index is 13.1. The number of hydrogen-bond donors (Lipinski definition) is 2. The SMILES string of the molecule is CNc1sc(-c2ccccc2)c(O)c1-c1cc(C(F)(F)F)ccc1I. The minimum absolute atomic E-state index is 0.0159. The summed E-state index contributed by atoms with van der Waals surface area (Å²) in [5.41, 5.74) is 0.823. The number of anilines is 1. The number of rotatable bonds is 3. The van der Waals surface area contributed by atoms with E-state index >= 15 is 0 Å². The summed E-state index contributed by atoms with van der Waals surface area (Å²) in [6, 6.07) is 12.8. The Morgan fingerprint density at radius 1 is 1.08 bits per heavy atom. The molecule has 130 valence electrons. The number of alkyl halides is 3. The first-order valence-corrected chi connectivity index (χ1v) is 9.18. The third-order valence-electron chi connectivity index (χ3n) is 3.71. The number of halogens is 4. The number of thiophene rings is 1. The molecule has 3 rings (SSSR count). The van der Waals surface area contributed by atoms with Crippen molar-refractivity contribution in [3.05, 3.63) is 57.7 Å². The molecule has 0 atom stereocenters. The van der Waals surface area contributed by atoms with Gasteiger partial charge in [-0.1, -0.05) is 30.3 Å². The van der Waals surface area contributed by atoms with Crippen molar-refractivity contribution in [1.82, 2.24) is 0 Å². The summed E-state index contributed by atoms with van der Waals surface area (Å²) in [5.74, 6) is -0.0159. The zero-order valence-electron chi connectivity index (χ0n) is 13.0. The molecule has 2 aromatic carbocycles. The van der Waals surface area contributed by atoms with Crippen LogP contribution in [-0.4, -0.2) is 12.2 Å². The molecule has 0 unspecified atom stereocenters. The lowest BCUT2D eigenvalue weighted by molar-refractivity contribution is -0.137. The second-order valence-electron chi connectivity index (χ2n) is 5.29. The molecule has 2 nitrogen and oxygen atoms in total. The third kappa shape index (κ3) is 3.48. The van der Waals surface area contributed by atoms with Crippen molar-refractivity contribution in [3.8, 4) is 27.3 Å². The molecule has 0 fully saturated rings. The van der Waals surface area contributed by atoms with Gasteiger partial charge in [-0.25, -0.2) is 0 Å². The lowest BCUT2D eigenvalue weighted by Gasteiger charge is -2.12. The van der Waals surface area contributed by atoms with Crippen LogP contribution in [0.1, 0.15) is 5.56 Å². The Bertz CT molecular complexity index is 907. The highest BCUT2D eigenvalue weighted by Gasteiger charge is 2.32. The summed E-state index contributed by atoms with van der Waals surface area (Å²) < 4.78 is 39.9. The molecule has 0 amide bonds. The Kier molecular flexibility index (Phi) is 4.97. The van der Waals surface area contributed by atoms with E-state index in [0.29, 0.717) is 24.6 Å². The Hall–Kier alpha value is -1.74. The topological polar surface area (TPSA) is 32.3 Å². The van der Waals surface area contributed by atoms with Gasteiger partial charge in [-0.2, -0.15) is 13.2 Å². The highest BCUT2D eigenvalue weighted by Crippen LogP contribution is 2.51. The van der Waals surface area contributed by atoms with E-state index in [1.165, 1.54) is 17.4 Å². The van der Waals surface area contributed by atoms with Gasteiger partial charge in [0.15, 0.2) is 0 Å². The summed E-state index contributed by atoms with van der Waals surface area (Å²) in [5, 5.41) is 14.4. The minimum atomic E-state index is -4.44. The largest absolute Gasteiger partial charge is 0.506 e. The fraction of sp³-hybridized carbons (Fsp3) is 0.111. The summed E-state index contributed by atoms with van der Waals surface area (Å²) in [6.07, 6.45) is -4.44. The first kappa shape index (κ1) is 18.1. The third-order valence-corrected chi connectivity index (χ3v) is 5.90. The summed E-state index contributed by atoms with van der Waals surface area (Å²) in [6.45, 7) is 0. The lowest BCUT2D eigenvalue weighted by atomic mass is 10.0. The first-order valence-electron chi connectivity index (χ1n) is 7.29. The molecule has 0 radical (unpaired) electrons. The summed E-state index contributed by atoms with van der Waals surface area (Å²) in [4.78, 5) is 0.619. The number of nitrogens with one attached hydrogen (secondary N) is 1. The Balaban J connectivity index is 2.23. The maximum Gasteiger partial charge on any atom is 0.416 e. The van der Waals surface area contributed by atoms with E-state index < -0.39 is 11.7 Å². The van der Waals surface area contributed by atoms with Gasteiger partial charge >= 0.3 is 6.18 Å². The van der Waals surface area contributed by atoms with Gasteiger partial charge in [-0.15, -0.1) is 11.3 Å². The van der Waals surface area contributed by atoms with Crippen LogP contribution in [0, 0.1) is 3.57 Å². The number of aromatic hydroxyl groups is 1. The monoisotopic (exact) mass is 475 g/mol. The van der Waals surface area contributed by atoms with Crippen LogP contribution < -0.4 is 5.32 Å². The molecule has 7 heteroatoms. The molecule has 0 aliphatic heterocycles. The average molecular weight is 475 g/mol. The van der Waals surface area contributed by atoms with Crippen LogP contribution in [-0.2, 0) is 6.18 Å². The molecule has 1 aromatic heterocycles. The van der Waals surface area contributed by atoms with Crippen LogP contribution in [0.3, 0.4) is 0 Å². The smallest absolute Gasteiger partial charge is 0.416 e. The summed E-state index contributed by atoms with van der Waals surface area (Å²) in [7, 11) is 1.68. The fourth-order valence-corrected chi connectivity index (χ4v) is 4.20. The van der Waals surface area contributed by atoms with Crippen molar-refractivity contribution in [2.24, 2.45) is 0 Å². The Morgan fingerprint density at radius 3 is 2.36 bits per heavy atom. The van der Waals surface area contributed by atoms with Gasteiger partial charge in [0.1, 0.15) is 10.8 Å². The van der Waals surface area contributed by atoms with E-state index in [0.717, 1.165) is 17.7 Å². The minimum Gasteiger partial charge on any atom is -0.506 e. The van der Waals surface area contributed by atoms with E-state index in [9.17, 15) is 18.3 Å². The van der Waals surface area contributed by atoms with Gasteiger partial charge in [-0.05, 0) is 46.4 Å². The zero-order valence-corrected chi connectivity index (χ0v) is 16.0. The Labute approximate surface area is 160 Å². The molecular formula is C18H13F3INOS. The second kappa shape index (κ2) is 6.87. The fourth-order valence-electron chi connectivity index (χ4n) is 2.53. The molecule has 0 aliphatic rings. The number of hydrogen-bond acceptors (Lipinski definition) is 3. The van der Waals surface area contributed by atoms with Crippen LogP contribution in [0.2, 0.25) is 0 Å². The van der Waals surface area contributed by atoms with Gasteiger partial charge in [0.2, 0.25) is 0 Å². The molecule has 0 spiro atoms. The standard InChI is InChI=1S/C18H13F3INOS/c1-23-17-14(12-9-11(18(19,20)21)7-8-13(12)22)15(24)16(25-17)10-5-3-2-4-6-10/h2-9,23-24H,1H3. The van der Waals surface area contributed by atoms with Gasteiger partial charge in [-0.3, -0.25) is 0 Å². The van der Waals surface area contributed by atoms with Crippen LogP contribution >= 0.6 is 33.9 Å². The van der Waals surface area contributed by atoms with Gasteiger partial charge in [0.25, 0.3) is 0 Å². The molecule has 2 N–H and O–H groups in total. The van der Waals surface area contributed by atoms with Crippen LogP contribution in [0.15, 0.2) is 48.5 Å². The van der Waals surface area contributed by atoms with E-state index in [4.69, 9.17) is 0 Å². The Morgan fingerprint density at radius 2 is 1.76 bits per heavy atom. The molecule has 1 heterocycles. The average Bonchev–Trinajstić information content (AvgIpc) is 2.91. The zero-order chi connectivity index (χ0) is 18.2. The van der Waals surface area contributed by atoms with Crippen molar-refractivity contribution in [3.63, 3.8) is 0 Å². The van der Waals surface area contributed by atoms with Gasteiger partial charge < -0.3 is 10.4 Å². The number of benzene rings is 2. The predicted molar refractivity (Wildman–Crippen MR) is 104 cm³/mol. The van der Waals surface area contributed by atoms with Crippen LogP contribution in [0.25, 0.3) is 21.6 Å². The first-order chi connectivity index (χ1) is 11.8. The van der Waals surface area contributed by atoms with E-state index in [-0.39, 0.29) is 5.75 Å². The quantitative estimate of drug-likeness (QED) is 0.427. The van der Waals surface area contributed by atoms with Crippen molar-refractivity contribution in [2.45, 2.75) is 6.18 Å². The molecular weight excluding hydrogens is 462 g/mol. The van der Waals surface area contributed by atoms with E-state index in [1.807, 2.05) is 52.9 Å². The highest BCUT2D eigenvalue weighted by molar-refractivity contribution is 14.1. The molecule has 0 aliphatic carbocycles. The van der Waals surface area contributed by atoms with Crippen molar-refractivity contribution in [2.75, 3.05) is 12.4 Å². The molecule has 0 saturated carbocycles. The van der Waals surface area contributed by atoms with Crippen molar-refractivity contribution >= 4 is 38.9 Å². The second-order valence-corrected chi connectivity index (χ2v) is 7.48. The van der Waals surface area contributed by atoms with Crippen molar-refractivity contribution in [1.29, 1.82) is 0 Å². The predicted octanol–water partition coefficient (Wildman–Crippen LogP) is 6.45. The molecule has 0 bridgehead atoms. The molecule has 25 heavy (non-hydrogen) atoms. The van der Waals surface area contributed by atoms with Crippen LogP contribution in [0.4, 0.5) is 18.2 Å². The van der Waals surface area contributed by atoms with Gasteiger partial charge in [0, 0.05) is 16.2 Å². The maximum absolute atomic E-state index is 13.1. The van der Waals surface area contributed by atoms with E-state index in [1.54, 1.807) is 7.05 Å². The van der Waals surface area contributed by atoms with Gasteiger partial charge in [0.05, 0.1) is 16.0 Å². The molecule has 3 aromatic rings. The van der Waals surface area contributed by atoms with Crippen molar-refractivity contribution < 1.29 is 18.3 Å². The normalized spacial score (nSPS) is 11.6. The highest BCUT2D eigenvalue weighted by atomic mass is 127. The molecule has 0 saturated heterocycles. The van der Waals surface area contributed by atoms with Crippen LogP contribution in [0.5, 0.6) is 5.75 Å².